The number of thiazole rings is 1. The number of non-ortho nitro benzene ring substituents is 1. The molecule has 0 amide bonds. The molecule has 0 bridgehead atoms. The number of benzene rings is 2. The van der Waals surface area contributed by atoms with Gasteiger partial charge in [-0.25, -0.2) is 13.8 Å². The van der Waals surface area contributed by atoms with Crippen LogP contribution in [0.5, 0.6) is 0 Å². The normalized spacial score (nSPS) is 10.8. The maximum absolute atomic E-state index is 13.1. The van der Waals surface area contributed by atoms with Crippen molar-refractivity contribution in [2.45, 2.75) is 6.54 Å². The lowest BCUT2D eigenvalue weighted by atomic mass is 10.2. The molecule has 0 aliphatic heterocycles. The highest BCUT2D eigenvalue weighted by atomic mass is 32.1. The Morgan fingerprint density at radius 2 is 1.91 bits per heavy atom. The molecule has 0 saturated heterocycles. The van der Waals surface area contributed by atoms with Crippen LogP contribution in [0.4, 0.5) is 19.6 Å². The van der Waals surface area contributed by atoms with Crippen molar-refractivity contribution in [2.24, 2.45) is 0 Å². The highest BCUT2D eigenvalue weighted by molar-refractivity contribution is 7.22. The Labute approximate surface area is 127 Å². The molecule has 8 heteroatoms. The fourth-order valence-electron chi connectivity index (χ4n) is 1.99. The zero-order valence-corrected chi connectivity index (χ0v) is 11.9. The summed E-state index contributed by atoms with van der Waals surface area (Å²) in [4.78, 5) is 14.5. The van der Waals surface area contributed by atoms with Crippen LogP contribution in [-0.2, 0) is 6.54 Å². The maximum Gasteiger partial charge on any atom is 0.270 e. The van der Waals surface area contributed by atoms with E-state index in [0.717, 1.165) is 6.07 Å². The summed E-state index contributed by atoms with van der Waals surface area (Å²) >= 11 is 1.24. The van der Waals surface area contributed by atoms with Gasteiger partial charge in [-0.1, -0.05) is 11.3 Å². The van der Waals surface area contributed by atoms with Crippen LogP contribution in [0.1, 0.15) is 5.56 Å². The molecular formula is C14H9F2N3O2S. The van der Waals surface area contributed by atoms with Crippen molar-refractivity contribution in [3.63, 3.8) is 0 Å². The average molecular weight is 321 g/mol. The Morgan fingerprint density at radius 3 is 2.59 bits per heavy atom. The minimum absolute atomic E-state index is 0.00472. The van der Waals surface area contributed by atoms with Crippen molar-refractivity contribution in [2.75, 3.05) is 5.32 Å². The number of nitrogens with zero attached hydrogens (tertiary/aromatic N) is 2. The fraction of sp³-hybridized carbons (Fsp3) is 0.0714. The summed E-state index contributed by atoms with van der Waals surface area (Å²) in [5.74, 6) is -1.28. The molecule has 1 heterocycles. The Hall–Kier alpha value is -2.61. The van der Waals surface area contributed by atoms with Gasteiger partial charge in [-0.2, -0.15) is 0 Å². The number of halogens is 2. The van der Waals surface area contributed by atoms with Crippen LogP contribution in [0, 0.1) is 21.7 Å². The van der Waals surface area contributed by atoms with E-state index in [-0.39, 0.29) is 12.2 Å². The van der Waals surface area contributed by atoms with Crippen molar-refractivity contribution >= 4 is 32.4 Å². The van der Waals surface area contributed by atoms with Gasteiger partial charge in [-0.3, -0.25) is 10.1 Å². The molecule has 1 N–H and O–H groups in total. The largest absolute Gasteiger partial charge is 0.357 e. The molecule has 0 aliphatic carbocycles. The summed E-state index contributed by atoms with van der Waals surface area (Å²) in [7, 11) is 0. The Bertz CT molecular complexity index is 846. The minimum atomic E-state index is -0.642. The minimum Gasteiger partial charge on any atom is -0.357 e. The van der Waals surface area contributed by atoms with Gasteiger partial charge in [-0.05, 0) is 23.8 Å². The van der Waals surface area contributed by atoms with Crippen molar-refractivity contribution in [3.05, 3.63) is 63.7 Å². The van der Waals surface area contributed by atoms with Crippen molar-refractivity contribution in [1.82, 2.24) is 4.98 Å². The average Bonchev–Trinajstić information content (AvgIpc) is 2.85. The molecule has 3 rings (SSSR count). The predicted molar refractivity (Wildman–Crippen MR) is 80.0 cm³/mol. The fourth-order valence-corrected chi connectivity index (χ4v) is 2.89. The summed E-state index contributed by atoms with van der Waals surface area (Å²) < 4.78 is 26.9. The third-order valence-electron chi connectivity index (χ3n) is 2.95. The Balaban J connectivity index is 1.80. The molecule has 0 atom stereocenters. The lowest BCUT2D eigenvalue weighted by Crippen LogP contribution is -2.00. The molecule has 0 saturated carbocycles. The van der Waals surface area contributed by atoms with E-state index in [1.165, 1.54) is 35.6 Å². The SMILES string of the molecule is O=[N+]([O-])c1ccc2nc(NCc3cc(F)cc(F)c3)sc2c1. The Morgan fingerprint density at radius 1 is 1.18 bits per heavy atom. The van der Waals surface area contributed by atoms with Crippen LogP contribution in [0.25, 0.3) is 10.2 Å². The van der Waals surface area contributed by atoms with Gasteiger partial charge in [0.1, 0.15) is 11.6 Å². The third kappa shape index (κ3) is 3.01. The van der Waals surface area contributed by atoms with Crippen LogP contribution >= 0.6 is 11.3 Å². The second-order valence-corrected chi connectivity index (χ2v) is 5.59. The summed E-state index contributed by atoms with van der Waals surface area (Å²) in [5, 5.41) is 14.2. The van der Waals surface area contributed by atoms with E-state index in [0.29, 0.717) is 20.9 Å². The predicted octanol–water partition coefficient (Wildman–Crippen LogP) is 4.09. The van der Waals surface area contributed by atoms with E-state index in [9.17, 15) is 18.9 Å². The number of anilines is 1. The number of nitro benzene ring substituents is 1. The molecule has 0 spiro atoms. The smallest absolute Gasteiger partial charge is 0.270 e. The monoisotopic (exact) mass is 321 g/mol. The quantitative estimate of drug-likeness (QED) is 0.580. The molecule has 22 heavy (non-hydrogen) atoms. The van der Waals surface area contributed by atoms with E-state index in [4.69, 9.17) is 0 Å². The maximum atomic E-state index is 13.1. The second-order valence-electron chi connectivity index (χ2n) is 4.56. The van der Waals surface area contributed by atoms with E-state index in [2.05, 4.69) is 10.3 Å². The van der Waals surface area contributed by atoms with Gasteiger partial charge >= 0.3 is 0 Å². The van der Waals surface area contributed by atoms with Gasteiger partial charge in [0.2, 0.25) is 0 Å². The number of nitro groups is 1. The van der Waals surface area contributed by atoms with Crippen molar-refractivity contribution in [1.29, 1.82) is 0 Å². The molecule has 0 aliphatic rings. The highest BCUT2D eigenvalue weighted by Gasteiger charge is 2.10. The molecule has 5 nitrogen and oxygen atoms in total. The molecule has 2 aromatic carbocycles. The summed E-state index contributed by atoms with van der Waals surface area (Å²) in [5.41, 5.74) is 1.07. The summed E-state index contributed by atoms with van der Waals surface area (Å²) in [6.45, 7) is 0.205. The van der Waals surface area contributed by atoms with Crippen LogP contribution in [0.15, 0.2) is 36.4 Å². The first-order valence-corrected chi connectivity index (χ1v) is 7.07. The van der Waals surface area contributed by atoms with Gasteiger partial charge < -0.3 is 5.32 Å². The lowest BCUT2D eigenvalue weighted by Gasteiger charge is -2.03. The third-order valence-corrected chi connectivity index (χ3v) is 3.92. The molecule has 0 unspecified atom stereocenters. The van der Waals surface area contributed by atoms with E-state index in [1.54, 1.807) is 6.07 Å². The first-order valence-electron chi connectivity index (χ1n) is 6.25. The van der Waals surface area contributed by atoms with Crippen LogP contribution in [0.3, 0.4) is 0 Å². The van der Waals surface area contributed by atoms with Crippen LogP contribution < -0.4 is 5.32 Å². The van der Waals surface area contributed by atoms with Gasteiger partial charge in [0.25, 0.3) is 5.69 Å². The number of hydrogen-bond donors (Lipinski definition) is 1. The molecule has 3 aromatic rings. The summed E-state index contributed by atoms with van der Waals surface area (Å²) in [6.07, 6.45) is 0. The van der Waals surface area contributed by atoms with Crippen molar-refractivity contribution < 1.29 is 13.7 Å². The van der Waals surface area contributed by atoms with Crippen LogP contribution in [0.2, 0.25) is 0 Å². The first-order chi connectivity index (χ1) is 10.5. The number of nitrogens with one attached hydrogen (secondary N) is 1. The number of rotatable bonds is 4. The van der Waals surface area contributed by atoms with Crippen LogP contribution in [-0.4, -0.2) is 9.91 Å². The van der Waals surface area contributed by atoms with E-state index >= 15 is 0 Å². The van der Waals surface area contributed by atoms with Gasteiger partial charge in [0, 0.05) is 24.7 Å². The zero-order valence-electron chi connectivity index (χ0n) is 11.0. The van der Waals surface area contributed by atoms with E-state index < -0.39 is 16.6 Å². The second kappa shape index (κ2) is 5.64. The molecule has 0 radical (unpaired) electrons. The Kier molecular flexibility index (Phi) is 3.68. The van der Waals surface area contributed by atoms with Crippen molar-refractivity contribution in [3.8, 4) is 0 Å². The topological polar surface area (TPSA) is 68.1 Å². The summed E-state index contributed by atoms with van der Waals surface area (Å²) in [6, 6.07) is 7.66. The highest BCUT2D eigenvalue weighted by Crippen LogP contribution is 2.29. The molecular weight excluding hydrogens is 312 g/mol. The first kappa shape index (κ1) is 14.3. The molecule has 1 aromatic heterocycles. The lowest BCUT2D eigenvalue weighted by molar-refractivity contribution is -0.384. The number of fused-ring (bicyclic) bond motifs is 1. The van der Waals surface area contributed by atoms with Gasteiger partial charge in [0.15, 0.2) is 5.13 Å². The van der Waals surface area contributed by atoms with E-state index in [1.807, 2.05) is 0 Å². The van der Waals surface area contributed by atoms with Gasteiger partial charge in [-0.15, -0.1) is 0 Å². The van der Waals surface area contributed by atoms with Gasteiger partial charge in [0.05, 0.1) is 15.1 Å². The molecule has 112 valence electrons. The molecule has 0 fully saturated rings. The number of hydrogen-bond acceptors (Lipinski definition) is 5. The zero-order chi connectivity index (χ0) is 15.7. The standard InChI is InChI=1S/C14H9F2N3O2S/c15-9-3-8(4-10(16)5-9)7-17-14-18-12-2-1-11(19(20)21)6-13(12)22-14/h1-6H,7H2,(H,17,18). The number of aromatic nitrogens is 1.